The largest absolute Gasteiger partial charge is 0.370 e. The molecule has 0 spiro atoms. The van der Waals surface area contributed by atoms with E-state index in [-0.39, 0.29) is 0 Å². The minimum atomic E-state index is 0.641. The van der Waals surface area contributed by atoms with Gasteiger partial charge >= 0.3 is 0 Å². The number of aryl methyl sites for hydroxylation is 1. The Balaban J connectivity index is 2.08. The van der Waals surface area contributed by atoms with Crippen LogP contribution in [-0.2, 0) is 6.42 Å². The highest BCUT2D eigenvalue weighted by molar-refractivity contribution is 5.54. The third-order valence-electron chi connectivity index (χ3n) is 4.21. The van der Waals surface area contributed by atoms with E-state index in [4.69, 9.17) is 5.73 Å². The first-order chi connectivity index (χ1) is 9.26. The van der Waals surface area contributed by atoms with Crippen LogP contribution in [-0.4, -0.2) is 44.2 Å². The number of piperidine rings is 1. The van der Waals surface area contributed by atoms with Gasteiger partial charge < -0.3 is 15.5 Å². The number of anilines is 1. The minimum Gasteiger partial charge on any atom is -0.370 e. The lowest BCUT2D eigenvalue weighted by atomic mass is 10.0. The summed E-state index contributed by atoms with van der Waals surface area (Å²) in [5.41, 5.74) is 8.56. The molecule has 1 heterocycles. The fourth-order valence-corrected chi connectivity index (χ4v) is 3.04. The summed E-state index contributed by atoms with van der Waals surface area (Å²) in [6.45, 7) is 6.30. The number of nitrogens with two attached hydrogens (primary N) is 1. The monoisotopic (exact) mass is 261 g/mol. The van der Waals surface area contributed by atoms with E-state index >= 15 is 0 Å². The smallest absolute Gasteiger partial charge is 0.0399 e. The van der Waals surface area contributed by atoms with Crippen molar-refractivity contribution < 1.29 is 0 Å². The van der Waals surface area contributed by atoms with Gasteiger partial charge in [0.25, 0.3) is 0 Å². The molecule has 0 aliphatic carbocycles. The number of rotatable bonds is 5. The van der Waals surface area contributed by atoms with Gasteiger partial charge in [-0.1, -0.05) is 25.1 Å². The lowest BCUT2D eigenvalue weighted by Crippen LogP contribution is -2.48. The number of benzene rings is 1. The normalized spacial score (nSPS) is 20.0. The van der Waals surface area contributed by atoms with Gasteiger partial charge in [-0.3, -0.25) is 0 Å². The third kappa shape index (κ3) is 3.48. The molecule has 2 rings (SSSR count). The molecular weight excluding hydrogens is 234 g/mol. The lowest BCUT2D eigenvalue weighted by molar-refractivity contribution is 0.220. The van der Waals surface area contributed by atoms with Gasteiger partial charge in [0.15, 0.2) is 0 Å². The van der Waals surface area contributed by atoms with E-state index in [1.54, 1.807) is 0 Å². The van der Waals surface area contributed by atoms with E-state index < -0.39 is 0 Å². The molecule has 1 unspecified atom stereocenters. The maximum absolute atomic E-state index is 5.67. The van der Waals surface area contributed by atoms with Gasteiger partial charge in [-0.2, -0.15) is 0 Å². The second-order valence-electron chi connectivity index (χ2n) is 5.49. The maximum Gasteiger partial charge on any atom is 0.0399 e. The molecule has 0 bridgehead atoms. The van der Waals surface area contributed by atoms with Crippen molar-refractivity contribution in [1.29, 1.82) is 0 Å². The second kappa shape index (κ2) is 6.92. The Labute approximate surface area is 117 Å². The van der Waals surface area contributed by atoms with Crippen molar-refractivity contribution in [3.05, 3.63) is 29.8 Å². The molecule has 0 radical (unpaired) electrons. The van der Waals surface area contributed by atoms with Gasteiger partial charge in [0, 0.05) is 37.9 Å². The SMILES string of the molecule is CCc1ccccc1N1CCCC(N(C)CCN)C1. The number of likely N-dealkylation sites (N-methyl/N-ethyl adjacent to an activating group) is 1. The topological polar surface area (TPSA) is 32.5 Å². The highest BCUT2D eigenvalue weighted by Gasteiger charge is 2.23. The van der Waals surface area contributed by atoms with Gasteiger partial charge in [0.1, 0.15) is 0 Å². The zero-order valence-electron chi connectivity index (χ0n) is 12.3. The van der Waals surface area contributed by atoms with Gasteiger partial charge in [-0.25, -0.2) is 0 Å². The van der Waals surface area contributed by atoms with Gasteiger partial charge in [-0.05, 0) is 37.9 Å². The molecule has 0 amide bonds. The molecule has 1 aliphatic rings. The van der Waals surface area contributed by atoms with Crippen LogP contribution in [0, 0.1) is 0 Å². The second-order valence-corrected chi connectivity index (χ2v) is 5.49. The highest BCUT2D eigenvalue weighted by Crippen LogP contribution is 2.25. The first kappa shape index (κ1) is 14.4. The first-order valence-corrected chi connectivity index (χ1v) is 7.49. The zero-order valence-corrected chi connectivity index (χ0v) is 12.3. The fourth-order valence-electron chi connectivity index (χ4n) is 3.04. The molecule has 19 heavy (non-hydrogen) atoms. The molecule has 1 atom stereocenters. The summed E-state index contributed by atoms with van der Waals surface area (Å²) in [6.07, 6.45) is 3.68. The molecule has 1 aliphatic heterocycles. The van der Waals surface area contributed by atoms with Crippen molar-refractivity contribution in [3.63, 3.8) is 0 Å². The Bertz CT molecular complexity index is 391. The summed E-state index contributed by atoms with van der Waals surface area (Å²) < 4.78 is 0. The van der Waals surface area contributed by atoms with Gasteiger partial charge in [0.05, 0.1) is 0 Å². The predicted molar refractivity (Wildman–Crippen MR) is 82.7 cm³/mol. The summed E-state index contributed by atoms with van der Waals surface area (Å²) in [5.74, 6) is 0. The summed E-state index contributed by atoms with van der Waals surface area (Å²) >= 11 is 0. The van der Waals surface area contributed by atoms with Crippen molar-refractivity contribution in [2.75, 3.05) is 38.1 Å². The molecular formula is C16H27N3. The summed E-state index contributed by atoms with van der Waals surface area (Å²) in [5, 5.41) is 0. The molecule has 1 aromatic rings. The van der Waals surface area contributed by atoms with E-state index in [9.17, 15) is 0 Å². The Kier molecular flexibility index (Phi) is 5.23. The molecule has 3 heteroatoms. The fraction of sp³-hybridized carbons (Fsp3) is 0.625. The van der Waals surface area contributed by atoms with E-state index in [1.165, 1.54) is 30.6 Å². The summed E-state index contributed by atoms with van der Waals surface area (Å²) in [7, 11) is 2.20. The van der Waals surface area contributed by atoms with Crippen molar-refractivity contribution in [1.82, 2.24) is 4.90 Å². The van der Waals surface area contributed by atoms with Crippen LogP contribution >= 0.6 is 0 Å². The van der Waals surface area contributed by atoms with Crippen LogP contribution in [0.1, 0.15) is 25.3 Å². The van der Waals surface area contributed by atoms with E-state index in [2.05, 4.69) is 48.0 Å². The van der Waals surface area contributed by atoms with Crippen LogP contribution in [0.25, 0.3) is 0 Å². The quantitative estimate of drug-likeness (QED) is 0.881. The molecule has 1 aromatic carbocycles. The Morgan fingerprint density at radius 3 is 2.89 bits per heavy atom. The van der Waals surface area contributed by atoms with Crippen LogP contribution < -0.4 is 10.6 Å². The van der Waals surface area contributed by atoms with Crippen LogP contribution in [0.15, 0.2) is 24.3 Å². The number of hydrogen-bond donors (Lipinski definition) is 1. The average molecular weight is 261 g/mol. The van der Waals surface area contributed by atoms with Crippen LogP contribution in [0.2, 0.25) is 0 Å². The molecule has 1 saturated heterocycles. The molecule has 106 valence electrons. The average Bonchev–Trinajstić information content (AvgIpc) is 2.47. The van der Waals surface area contributed by atoms with Crippen molar-refractivity contribution in [2.45, 2.75) is 32.2 Å². The number of para-hydroxylation sites is 1. The van der Waals surface area contributed by atoms with Crippen molar-refractivity contribution in [2.24, 2.45) is 5.73 Å². The van der Waals surface area contributed by atoms with Gasteiger partial charge in [0.2, 0.25) is 0 Å². The molecule has 0 saturated carbocycles. The Morgan fingerprint density at radius 2 is 2.16 bits per heavy atom. The molecule has 3 nitrogen and oxygen atoms in total. The first-order valence-electron chi connectivity index (χ1n) is 7.49. The Morgan fingerprint density at radius 1 is 1.37 bits per heavy atom. The molecule has 0 aromatic heterocycles. The third-order valence-corrected chi connectivity index (χ3v) is 4.21. The molecule has 1 fully saturated rings. The van der Waals surface area contributed by atoms with Gasteiger partial charge in [-0.15, -0.1) is 0 Å². The number of hydrogen-bond acceptors (Lipinski definition) is 3. The van der Waals surface area contributed by atoms with E-state index in [1.807, 2.05) is 0 Å². The van der Waals surface area contributed by atoms with Crippen LogP contribution in [0.4, 0.5) is 5.69 Å². The van der Waals surface area contributed by atoms with Crippen LogP contribution in [0.3, 0.4) is 0 Å². The van der Waals surface area contributed by atoms with E-state index in [0.29, 0.717) is 6.04 Å². The molecule has 2 N–H and O–H groups in total. The summed E-state index contributed by atoms with van der Waals surface area (Å²) in [6, 6.07) is 9.46. The van der Waals surface area contributed by atoms with Crippen molar-refractivity contribution in [3.8, 4) is 0 Å². The summed E-state index contributed by atoms with van der Waals surface area (Å²) in [4.78, 5) is 4.97. The van der Waals surface area contributed by atoms with E-state index in [0.717, 1.165) is 26.1 Å². The maximum atomic E-state index is 5.67. The standard InChI is InChI=1S/C16H27N3/c1-3-14-7-4-5-9-16(14)19-11-6-8-15(13-19)18(2)12-10-17/h4-5,7,9,15H,3,6,8,10-13,17H2,1-2H3. The predicted octanol–water partition coefficient (Wildman–Crippen LogP) is 2.11. The number of nitrogens with zero attached hydrogens (tertiary/aromatic N) is 2. The lowest BCUT2D eigenvalue weighted by Gasteiger charge is -2.39. The highest BCUT2D eigenvalue weighted by atomic mass is 15.2. The minimum absolute atomic E-state index is 0.641. The van der Waals surface area contributed by atoms with Crippen LogP contribution in [0.5, 0.6) is 0 Å². The zero-order chi connectivity index (χ0) is 13.7. The van der Waals surface area contributed by atoms with Crippen molar-refractivity contribution >= 4 is 5.69 Å². The Hall–Kier alpha value is -1.06.